The van der Waals surface area contributed by atoms with E-state index in [0.29, 0.717) is 13.0 Å². The van der Waals surface area contributed by atoms with Gasteiger partial charge in [0.1, 0.15) is 6.04 Å². The van der Waals surface area contributed by atoms with Gasteiger partial charge in [-0.3, -0.25) is 9.59 Å². The molecule has 0 radical (unpaired) electrons. The third kappa shape index (κ3) is 7.74. The molecular formula is C29H35N3O4S. The van der Waals surface area contributed by atoms with Crippen LogP contribution in [0.3, 0.4) is 0 Å². The van der Waals surface area contributed by atoms with Crippen LogP contribution in [0.1, 0.15) is 30.0 Å². The van der Waals surface area contributed by atoms with Crippen LogP contribution >= 0.6 is 0 Å². The summed E-state index contributed by atoms with van der Waals surface area (Å²) in [6.45, 7) is 4.11. The molecule has 3 aromatic carbocycles. The third-order valence-corrected chi connectivity index (χ3v) is 7.92. The summed E-state index contributed by atoms with van der Waals surface area (Å²) >= 11 is 0. The topological polar surface area (TPSA) is 86.8 Å². The van der Waals surface area contributed by atoms with Crippen LogP contribution in [0.5, 0.6) is 0 Å². The van der Waals surface area contributed by atoms with Gasteiger partial charge in [-0.25, -0.2) is 8.42 Å². The highest BCUT2D eigenvalue weighted by Gasteiger charge is 2.32. The lowest BCUT2D eigenvalue weighted by molar-refractivity contribution is -0.141. The van der Waals surface area contributed by atoms with Crippen molar-refractivity contribution in [3.63, 3.8) is 0 Å². The van der Waals surface area contributed by atoms with Crippen LogP contribution in [0, 0.1) is 6.92 Å². The Balaban J connectivity index is 1.93. The molecule has 7 nitrogen and oxygen atoms in total. The van der Waals surface area contributed by atoms with Gasteiger partial charge in [0.15, 0.2) is 0 Å². The van der Waals surface area contributed by atoms with Gasteiger partial charge in [-0.1, -0.05) is 85.3 Å². The number of hydrogen-bond donors (Lipinski definition) is 1. The molecule has 3 rings (SSSR count). The maximum atomic E-state index is 13.7. The van der Waals surface area contributed by atoms with Crippen LogP contribution in [0.2, 0.25) is 0 Å². The van der Waals surface area contributed by atoms with E-state index in [1.807, 2.05) is 74.5 Å². The zero-order valence-corrected chi connectivity index (χ0v) is 22.4. The molecule has 196 valence electrons. The molecule has 8 heteroatoms. The van der Waals surface area contributed by atoms with Gasteiger partial charge in [-0.05, 0) is 36.6 Å². The first-order valence-electron chi connectivity index (χ1n) is 12.4. The van der Waals surface area contributed by atoms with Crippen molar-refractivity contribution in [3.8, 4) is 0 Å². The summed E-state index contributed by atoms with van der Waals surface area (Å²) in [4.78, 5) is 28.7. The first kappa shape index (κ1) is 28.1. The SMILES string of the molecule is CCCNC(=O)[C@@H](Cc1ccccc1)N(Cc1ccccc1)C(=O)CN(C)S(=O)(=O)c1ccc(C)cc1. The Morgan fingerprint density at radius 3 is 2.00 bits per heavy atom. The molecule has 1 atom stereocenters. The summed E-state index contributed by atoms with van der Waals surface area (Å²) in [6, 6.07) is 24.6. The molecule has 0 aromatic heterocycles. The van der Waals surface area contributed by atoms with Gasteiger partial charge < -0.3 is 10.2 Å². The Kier molecular flexibility index (Phi) is 10.00. The summed E-state index contributed by atoms with van der Waals surface area (Å²) in [7, 11) is -2.50. The van der Waals surface area contributed by atoms with E-state index in [9.17, 15) is 18.0 Å². The number of carbonyl (C=O) groups is 2. The predicted molar refractivity (Wildman–Crippen MR) is 145 cm³/mol. The lowest BCUT2D eigenvalue weighted by Gasteiger charge is -2.32. The maximum Gasteiger partial charge on any atom is 0.243 e. The van der Waals surface area contributed by atoms with Crippen LogP contribution in [-0.2, 0) is 32.6 Å². The van der Waals surface area contributed by atoms with E-state index in [-0.39, 0.29) is 17.3 Å². The number of nitrogens with zero attached hydrogens (tertiary/aromatic N) is 2. The predicted octanol–water partition coefficient (Wildman–Crippen LogP) is 3.78. The van der Waals surface area contributed by atoms with E-state index in [2.05, 4.69) is 5.32 Å². The molecule has 0 bridgehead atoms. The van der Waals surface area contributed by atoms with Crippen molar-refractivity contribution in [2.45, 2.75) is 44.2 Å². The Bertz CT molecular complexity index is 1260. The number of amides is 2. The molecule has 0 saturated carbocycles. The smallest absolute Gasteiger partial charge is 0.243 e. The highest BCUT2D eigenvalue weighted by Crippen LogP contribution is 2.18. The zero-order valence-electron chi connectivity index (χ0n) is 21.6. The second-order valence-corrected chi connectivity index (χ2v) is 11.1. The molecule has 3 aromatic rings. The maximum absolute atomic E-state index is 13.7. The molecule has 0 fully saturated rings. The van der Waals surface area contributed by atoms with Gasteiger partial charge in [0.05, 0.1) is 11.4 Å². The second-order valence-electron chi connectivity index (χ2n) is 9.08. The van der Waals surface area contributed by atoms with E-state index in [1.54, 1.807) is 12.1 Å². The van der Waals surface area contributed by atoms with Crippen LogP contribution in [0.15, 0.2) is 89.8 Å². The van der Waals surface area contributed by atoms with Gasteiger partial charge in [-0.15, -0.1) is 0 Å². The molecule has 37 heavy (non-hydrogen) atoms. The van der Waals surface area contributed by atoms with Crippen LogP contribution in [0.25, 0.3) is 0 Å². The largest absolute Gasteiger partial charge is 0.354 e. The number of likely N-dealkylation sites (N-methyl/N-ethyl adjacent to an activating group) is 1. The fourth-order valence-corrected chi connectivity index (χ4v) is 5.08. The number of nitrogens with one attached hydrogen (secondary N) is 1. The standard InChI is InChI=1S/C29H35N3O4S/c1-4-19-30-29(34)27(20-24-11-7-5-8-12-24)32(21-25-13-9-6-10-14-25)28(33)22-31(3)37(35,36)26-17-15-23(2)16-18-26/h5-18,27H,4,19-22H2,1-3H3,(H,30,34)/t27-/m1/s1. The van der Waals surface area contributed by atoms with Gasteiger partial charge >= 0.3 is 0 Å². The molecule has 2 amide bonds. The summed E-state index contributed by atoms with van der Waals surface area (Å²) in [5.41, 5.74) is 2.69. The first-order valence-corrected chi connectivity index (χ1v) is 13.8. The fraction of sp³-hybridized carbons (Fsp3) is 0.310. The average Bonchev–Trinajstić information content (AvgIpc) is 2.90. The molecule has 0 unspecified atom stereocenters. The monoisotopic (exact) mass is 521 g/mol. The van der Waals surface area contributed by atoms with E-state index < -0.39 is 28.5 Å². The number of carbonyl (C=O) groups excluding carboxylic acids is 2. The Hall–Kier alpha value is -3.49. The molecule has 0 aliphatic carbocycles. The quantitative estimate of drug-likeness (QED) is 0.393. The number of sulfonamides is 1. The van der Waals surface area contributed by atoms with Crippen LogP contribution < -0.4 is 5.32 Å². The van der Waals surface area contributed by atoms with Gasteiger partial charge in [0, 0.05) is 26.6 Å². The van der Waals surface area contributed by atoms with E-state index in [1.165, 1.54) is 24.1 Å². The van der Waals surface area contributed by atoms with E-state index >= 15 is 0 Å². The average molecular weight is 522 g/mol. The number of hydrogen-bond acceptors (Lipinski definition) is 4. The summed E-state index contributed by atoms with van der Waals surface area (Å²) in [5, 5.41) is 2.92. The number of benzene rings is 3. The Morgan fingerprint density at radius 1 is 0.865 bits per heavy atom. The fourth-order valence-electron chi connectivity index (χ4n) is 3.96. The van der Waals surface area contributed by atoms with Crippen molar-refractivity contribution in [3.05, 3.63) is 102 Å². The minimum absolute atomic E-state index is 0.115. The van der Waals surface area contributed by atoms with Gasteiger partial charge in [0.25, 0.3) is 0 Å². The Labute approximate surface area is 220 Å². The first-order chi connectivity index (χ1) is 17.7. The van der Waals surface area contributed by atoms with E-state index in [0.717, 1.165) is 27.4 Å². The van der Waals surface area contributed by atoms with Crippen molar-refractivity contribution in [1.29, 1.82) is 0 Å². The van der Waals surface area contributed by atoms with Crippen molar-refractivity contribution in [2.75, 3.05) is 20.1 Å². The van der Waals surface area contributed by atoms with Crippen LogP contribution in [-0.4, -0.2) is 55.6 Å². The highest BCUT2D eigenvalue weighted by atomic mass is 32.2. The minimum atomic E-state index is -3.89. The molecule has 0 spiro atoms. The van der Waals surface area contributed by atoms with Gasteiger partial charge in [0.2, 0.25) is 21.8 Å². The molecule has 0 aliphatic rings. The van der Waals surface area contributed by atoms with Gasteiger partial charge in [-0.2, -0.15) is 4.31 Å². The lowest BCUT2D eigenvalue weighted by Crippen LogP contribution is -2.53. The normalized spacial score (nSPS) is 12.2. The van der Waals surface area contributed by atoms with Crippen molar-refractivity contribution >= 4 is 21.8 Å². The molecule has 0 saturated heterocycles. The van der Waals surface area contributed by atoms with Crippen molar-refractivity contribution in [2.24, 2.45) is 0 Å². The zero-order chi connectivity index (χ0) is 26.8. The van der Waals surface area contributed by atoms with Crippen LogP contribution in [0.4, 0.5) is 0 Å². The molecule has 1 N–H and O–H groups in total. The molecule has 0 aliphatic heterocycles. The summed E-state index contributed by atoms with van der Waals surface area (Å²) in [6.07, 6.45) is 1.07. The highest BCUT2D eigenvalue weighted by molar-refractivity contribution is 7.89. The van der Waals surface area contributed by atoms with E-state index in [4.69, 9.17) is 0 Å². The number of aryl methyl sites for hydroxylation is 1. The molecule has 0 heterocycles. The Morgan fingerprint density at radius 2 is 1.43 bits per heavy atom. The number of rotatable bonds is 12. The molecular weight excluding hydrogens is 486 g/mol. The second kappa shape index (κ2) is 13.2. The van der Waals surface area contributed by atoms with Crippen molar-refractivity contribution < 1.29 is 18.0 Å². The summed E-state index contributed by atoms with van der Waals surface area (Å²) in [5.74, 6) is -0.714. The lowest BCUT2D eigenvalue weighted by atomic mass is 10.0. The minimum Gasteiger partial charge on any atom is -0.354 e. The summed E-state index contributed by atoms with van der Waals surface area (Å²) < 4.78 is 27.4. The van der Waals surface area contributed by atoms with Crippen molar-refractivity contribution in [1.82, 2.24) is 14.5 Å². The third-order valence-electron chi connectivity index (χ3n) is 6.10.